The molecule has 0 heterocycles. The van der Waals surface area contributed by atoms with Gasteiger partial charge in [0.05, 0.1) is 5.56 Å². The second-order valence-corrected chi connectivity index (χ2v) is 5.26. The van der Waals surface area contributed by atoms with Gasteiger partial charge in [0, 0.05) is 12.6 Å². The van der Waals surface area contributed by atoms with E-state index in [4.69, 9.17) is 0 Å². The molecule has 0 saturated heterocycles. The Labute approximate surface area is 110 Å². The van der Waals surface area contributed by atoms with Crippen LogP contribution >= 0.6 is 0 Å². The predicted octanol–water partition coefficient (Wildman–Crippen LogP) is 4.12. The lowest BCUT2D eigenvalue weighted by atomic mass is 10.1. The molecule has 1 fully saturated rings. The third-order valence-electron chi connectivity index (χ3n) is 3.40. The van der Waals surface area contributed by atoms with Crippen LogP contribution in [0, 0.1) is 11.7 Å². The van der Waals surface area contributed by atoms with Gasteiger partial charge >= 0.3 is 6.18 Å². The molecule has 0 aromatic heterocycles. The molecule has 5 heteroatoms. The van der Waals surface area contributed by atoms with Crippen molar-refractivity contribution in [2.24, 2.45) is 5.92 Å². The van der Waals surface area contributed by atoms with E-state index in [-0.39, 0.29) is 18.2 Å². The maximum atomic E-state index is 12.9. The third-order valence-corrected chi connectivity index (χ3v) is 3.40. The maximum Gasteiger partial charge on any atom is 0.416 e. The van der Waals surface area contributed by atoms with Crippen molar-refractivity contribution in [3.05, 3.63) is 35.1 Å². The van der Waals surface area contributed by atoms with E-state index >= 15 is 0 Å². The molecule has 19 heavy (non-hydrogen) atoms. The Morgan fingerprint density at radius 2 is 2.00 bits per heavy atom. The summed E-state index contributed by atoms with van der Waals surface area (Å²) in [6.45, 7) is 2.08. The van der Waals surface area contributed by atoms with Crippen molar-refractivity contribution in [1.29, 1.82) is 0 Å². The highest BCUT2D eigenvalue weighted by atomic mass is 19.4. The second kappa shape index (κ2) is 5.49. The summed E-state index contributed by atoms with van der Waals surface area (Å²) < 4.78 is 51.3. The fourth-order valence-corrected chi connectivity index (χ4v) is 2.19. The first kappa shape index (κ1) is 14.3. The minimum absolute atomic E-state index is 0.0940. The van der Waals surface area contributed by atoms with Crippen molar-refractivity contribution in [1.82, 2.24) is 5.32 Å². The zero-order valence-corrected chi connectivity index (χ0v) is 10.7. The summed E-state index contributed by atoms with van der Waals surface area (Å²) >= 11 is 0. The lowest BCUT2D eigenvalue weighted by Gasteiger charge is -2.17. The quantitative estimate of drug-likeness (QED) is 0.797. The summed E-state index contributed by atoms with van der Waals surface area (Å²) in [5.41, 5.74) is -0.796. The van der Waals surface area contributed by atoms with E-state index in [1.165, 1.54) is 18.9 Å². The molecule has 1 aromatic carbocycles. The van der Waals surface area contributed by atoms with Crippen LogP contribution in [0.3, 0.4) is 0 Å². The summed E-state index contributed by atoms with van der Waals surface area (Å²) in [5.74, 6) is -0.139. The molecule has 0 spiro atoms. The molecule has 1 nitrogen and oxygen atoms in total. The molecule has 106 valence electrons. The standard InChI is InChI=1S/C14H17F4N/c1-9(6-10-2-3-10)19-8-11-4-5-12(15)7-13(11)14(16,17)18/h4-5,7,9-10,19H,2-3,6,8H2,1H3. The van der Waals surface area contributed by atoms with Crippen LogP contribution in [0.5, 0.6) is 0 Å². The van der Waals surface area contributed by atoms with E-state index in [0.29, 0.717) is 6.07 Å². The van der Waals surface area contributed by atoms with Crippen molar-refractivity contribution in [3.63, 3.8) is 0 Å². The Balaban J connectivity index is 2.02. The fraction of sp³-hybridized carbons (Fsp3) is 0.571. The fourth-order valence-electron chi connectivity index (χ4n) is 2.19. The number of hydrogen-bond acceptors (Lipinski definition) is 1. The van der Waals surface area contributed by atoms with Gasteiger partial charge in [-0.3, -0.25) is 0 Å². The average Bonchev–Trinajstić information content (AvgIpc) is 3.10. The molecule has 0 amide bonds. The zero-order valence-electron chi connectivity index (χ0n) is 10.7. The molecule has 1 aromatic rings. The molecule has 0 bridgehead atoms. The van der Waals surface area contributed by atoms with Crippen molar-refractivity contribution >= 4 is 0 Å². The van der Waals surface area contributed by atoms with Crippen molar-refractivity contribution in [3.8, 4) is 0 Å². The van der Waals surface area contributed by atoms with Gasteiger partial charge in [0.25, 0.3) is 0 Å². The topological polar surface area (TPSA) is 12.0 Å². The SMILES string of the molecule is CC(CC1CC1)NCc1ccc(F)cc1C(F)(F)F. The molecule has 2 rings (SSSR count). The van der Waals surface area contributed by atoms with Crippen LogP contribution in [0.1, 0.15) is 37.3 Å². The molecule has 1 atom stereocenters. The van der Waals surface area contributed by atoms with Gasteiger partial charge in [-0.05, 0) is 37.0 Å². The molecular weight excluding hydrogens is 258 g/mol. The highest BCUT2D eigenvalue weighted by Crippen LogP contribution is 2.34. The first-order valence-corrected chi connectivity index (χ1v) is 6.45. The average molecular weight is 275 g/mol. The van der Waals surface area contributed by atoms with Crippen LogP contribution in [0.15, 0.2) is 18.2 Å². The van der Waals surface area contributed by atoms with Gasteiger partial charge in [-0.1, -0.05) is 18.9 Å². The third kappa shape index (κ3) is 4.20. The van der Waals surface area contributed by atoms with Crippen LogP contribution in [0.4, 0.5) is 17.6 Å². The van der Waals surface area contributed by atoms with E-state index in [2.05, 4.69) is 5.32 Å². The minimum atomic E-state index is -4.52. The van der Waals surface area contributed by atoms with Crippen molar-refractivity contribution in [2.75, 3.05) is 0 Å². The van der Waals surface area contributed by atoms with Crippen LogP contribution in [-0.4, -0.2) is 6.04 Å². The molecule has 1 saturated carbocycles. The van der Waals surface area contributed by atoms with E-state index in [9.17, 15) is 17.6 Å². The van der Waals surface area contributed by atoms with Crippen LogP contribution in [-0.2, 0) is 12.7 Å². The smallest absolute Gasteiger partial charge is 0.310 e. The zero-order chi connectivity index (χ0) is 14.0. The summed E-state index contributed by atoms with van der Waals surface area (Å²) in [5, 5.41) is 3.08. The predicted molar refractivity (Wildman–Crippen MR) is 65.0 cm³/mol. The van der Waals surface area contributed by atoms with Gasteiger partial charge in [0.2, 0.25) is 0 Å². The highest BCUT2D eigenvalue weighted by molar-refractivity contribution is 5.30. The Kier molecular flexibility index (Phi) is 4.13. The van der Waals surface area contributed by atoms with E-state index in [0.717, 1.165) is 18.4 Å². The first-order chi connectivity index (χ1) is 8.86. The van der Waals surface area contributed by atoms with Gasteiger partial charge < -0.3 is 5.32 Å². The minimum Gasteiger partial charge on any atom is -0.310 e. The molecule has 0 radical (unpaired) electrons. The van der Waals surface area contributed by atoms with Crippen LogP contribution in [0.2, 0.25) is 0 Å². The molecule has 1 N–H and O–H groups in total. The number of rotatable bonds is 5. The number of nitrogens with one attached hydrogen (secondary N) is 1. The summed E-state index contributed by atoms with van der Waals surface area (Å²) in [4.78, 5) is 0. The molecular formula is C14H17F4N. The number of halogens is 4. The van der Waals surface area contributed by atoms with Gasteiger partial charge in [-0.15, -0.1) is 0 Å². The Bertz CT molecular complexity index is 438. The largest absolute Gasteiger partial charge is 0.416 e. The number of hydrogen-bond donors (Lipinski definition) is 1. The first-order valence-electron chi connectivity index (χ1n) is 6.45. The molecule has 1 aliphatic rings. The van der Waals surface area contributed by atoms with Crippen molar-refractivity contribution in [2.45, 2.75) is 44.9 Å². The normalized spacial score (nSPS) is 17.5. The molecule has 0 aliphatic heterocycles. The Morgan fingerprint density at radius 1 is 1.32 bits per heavy atom. The molecule has 1 unspecified atom stereocenters. The Morgan fingerprint density at radius 3 is 2.58 bits per heavy atom. The molecule has 1 aliphatic carbocycles. The summed E-state index contributed by atoms with van der Waals surface area (Å²) in [7, 11) is 0. The number of alkyl halides is 3. The lowest BCUT2D eigenvalue weighted by molar-refractivity contribution is -0.138. The van der Waals surface area contributed by atoms with E-state index in [1.54, 1.807) is 0 Å². The van der Waals surface area contributed by atoms with Gasteiger partial charge in [-0.25, -0.2) is 4.39 Å². The monoisotopic (exact) mass is 275 g/mol. The van der Waals surface area contributed by atoms with E-state index < -0.39 is 17.6 Å². The Hall–Kier alpha value is -1.10. The second-order valence-electron chi connectivity index (χ2n) is 5.26. The van der Waals surface area contributed by atoms with Gasteiger partial charge in [0.15, 0.2) is 0 Å². The van der Waals surface area contributed by atoms with E-state index in [1.807, 2.05) is 6.92 Å². The summed E-state index contributed by atoms with van der Waals surface area (Å²) in [6, 6.07) is 3.01. The lowest BCUT2D eigenvalue weighted by Crippen LogP contribution is -2.27. The van der Waals surface area contributed by atoms with Gasteiger partial charge in [-0.2, -0.15) is 13.2 Å². The van der Waals surface area contributed by atoms with Crippen LogP contribution < -0.4 is 5.32 Å². The maximum absolute atomic E-state index is 12.9. The van der Waals surface area contributed by atoms with Crippen LogP contribution in [0.25, 0.3) is 0 Å². The summed E-state index contributed by atoms with van der Waals surface area (Å²) in [6.07, 6.45) is -1.09. The number of benzene rings is 1. The highest BCUT2D eigenvalue weighted by Gasteiger charge is 2.33. The van der Waals surface area contributed by atoms with Crippen molar-refractivity contribution < 1.29 is 17.6 Å². The van der Waals surface area contributed by atoms with Gasteiger partial charge in [0.1, 0.15) is 5.82 Å².